The van der Waals surface area contributed by atoms with E-state index in [9.17, 15) is 26.8 Å². The van der Waals surface area contributed by atoms with Gasteiger partial charge in [0.1, 0.15) is 18.0 Å². The summed E-state index contributed by atoms with van der Waals surface area (Å²) < 4.78 is 53.3. The minimum atomic E-state index is -3.60. The number of hydrogen-bond acceptors (Lipinski definition) is 4. The number of halogens is 3. The van der Waals surface area contributed by atoms with Crippen LogP contribution >= 0.6 is 11.6 Å². The maximum atomic E-state index is 15.0. The molecule has 0 aromatic heterocycles. The number of alkyl halides is 1. The molecule has 0 spiro atoms. The van der Waals surface area contributed by atoms with Crippen molar-refractivity contribution in [1.29, 1.82) is 0 Å². The van der Waals surface area contributed by atoms with Crippen LogP contribution in [0.1, 0.15) is 6.42 Å². The Labute approximate surface area is 212 Å². The molecule has 1 fully saturated rings. The van der Waals surface area contributed by atoms with E-state index in [1.807, 2.05) is 0 Å². The molecule has 0 bridgehead atoms. The Kier molecular flexibility index (Phi) is 7.28. The summed E-state index contributed by atoms with van der Waals surface area (Å²) in [5.74, 6) is -1.43. The average Bonchev–Trinajstić information content (AvgIpc) is 3.22. The molecule has 7 nitrogen and oxygen atoms in total. The van der Waals surface area contributed by atoms with E-state index in [-0.39, 0.29) is 34.7 Å². The largest absolute Gasteiger partial charge is 0.324 e. The molecule has 2 atom stereocenters. The van der Waals surface area contributed by atoms with Gasteiger partial charge in [-0.15, -0.1) is 0 Å². The van der Waals surface area contributed by atoms with Gasteiger partial charge < -0.3 is 15.5 Å². The van der Waals surface area contributed by atoms with Crippen molar-refractivity contribution in [3.05, 3.63) is 77.6 Å². The second-order valence-electron chi connectivity index (χ2n) is 8.39. The lowest BCUT2D eigenvalue weighted by molar-refractivity contribution is -0.119. The lowest BCUT2D eigenvalue weighted by atomic mass is 10.0. The smallest absolute Gasteiger partial charge is 0.322 e. The van der Waals surface area contributed by atoms with Crippen molar-refractivity contribution in [2.45, 2.75) is 23.5 Å². The fraction of sp³-hybridized carbons (Fsp3) is 0.200. The number of likely N-dealkylation sites (tertiary alicyclic amines) is 1. The molecule has 1 saturated heterocycles. The maximum absolute atomic E-state index is 15.0. The second kappa shape index (κ2) is 10.2. The van der Waals surface area contributed by atoms with Crippen molar-refractivity contribution in [3.63, 3.8) is 0 Å². The van der Waals surface area contributed by atoms with Gasteiger partial charge in [-0.1, -0.05) is 29.8 Å². The van der Waals surface area contributed by atoms with E-state index in [2.05, 4.69) is 10.6 Å². The minimum absolute atomic E-state index is 0.0250. The van der Waals surface area contributed by atoms with Crippen molar-refractivity contribution in [2.24, 2.45) is 0 Å². The molecule has 188 valence electrons. The maximum Gasteiger partial charge on any atom is 0.322 e. The highest BCUT2D eigenvalue weighted by atomic mass is 35.5. The van der Waals surface area contributed by atoms with Gasteiger partial charge in [0.15, 0.2) is 9.84 Å². The monoisotopic (exact) mass is 533 g/mol. The van der Waals surface area contributed by atoms with Gasteiger partial charge in [0.05, 0.1) is 11.4 Å². The molecule has 0 unspecified atom stereocenters. The van der Waals surface area contributed by atoms with Crippen molar-refractivity contribution >= 4 is 44.8 Å². The first-order chi connectivity index (χ1) is 17.0. The van der Waals surface area contributed by atoms with Gasteiger partial charge in [-0.2, -0.15) is 0 Å². The Morgan fingerprint density at radius 3 is 2.31 bits per heavy atom. The Morgan fingerprint density at radius 1 is 0.972 bits per heavy atom. The molecule has 0 radical (unpaired) electrons. The number of carbonyl (C=O) groups is 2. The molecule has 3 aromatic carbocycles. The van der Waals surface area contributed by atoms with Crippen molar-refractivity contribution in [3.8, 4) is 11.1 Å². The van der Waals surface area contributed by atoms with Crippen LogP contribution < -0.4 is 10.6 Å². The van der Waals surface area contributed by atoms with E-state index in [4.69, 9.17) is 11.6 Å². The van der Waals surface area contributed by atoms with E-state index >= 15 is 0 Å². The molecule has 0 aliphatic carbocycles. The van der Waals surface area contributed by atoms with Crippen LogP contribution in [-0.4, -0.2) is 50.3 Å². The van der Waals surface area contributed by atoms with Crippen molar-refractivity contribution in [2.75, 3.05) is 23.4 Å². The lowest BCUT2D eigenvalue weighted by Crippen LogP contribution is -2.45. The van der Waals surface area contributed by atoms with Gasteiger partial charge in [-0.3, -0.25) is 4.79 Å². The van der Waals surface area contributed by atoms with Crippen LogP contribution in [0, 0.1) is 5.82 Å². The molecule has 36 heavy (non-hydrogen) atoms. The van der Waals surface area contributed by atoms with E-state index in [0.717, 1.165) is 17.2 Å². The topological polar surface area (TPSA) is 95.6 Å². The highest BCUT2D eigenvalue weighted by molar-refractivity contribution is 7.90. The third-order valence-corrected chi connectivity index (χ3v) is 7.13. The number of sulfone groups is 1. The highest BCUT2D eigenvalue weighted by Crippen LogP contribution is 2.31. The summed E-state index contributed by atoms with van der Waals surface area (Å²) in [5.41, 5.74) is 0.746. The average molecular weight is 534 g/mol. The first kappa shape index (κ1) is 25.6. The number of urea groups is 1. The third kappa shape index (κ3) is 5.66. The van der Waals surface area contributed by atoms with E-state index in [1.165, 1.54) is 24.3 Å². The van der Waals surface area contributed by atoms with Crippen LogP contribution in [0.25, 0.3) is 11.1 Å². The van der Waals surface area contributed by atoms with Gasteiger partial charge in [0.25, 0.3) is 0 Å². The highest BCUT2D eigenvalue weighted by Gasteiger charge is 2.40. The van der Waals surface area contributed by atoms with Gasteiger partial charge >= 0.3 is 6.03 Å². The first-order valence-electron chi connectivity index (χ1n) is 10.9. The molecule has 1 aliphatic rings. The van der Waals surface area contributed by atoms with E-state index in [0.29, 0.717) is 10.7 Å². The van der Waals surface area contributed by atoms with Crippen LogP contribution in [0.4, 0.5) is 25.0 Å². The summed E-state index contributed by atoms with van der Waals surface area (Å²) in [6.07, 6.45) is -0.571. The predicted molar refractivity (Wildman–Crippen MR) is 134 cm³/mol. The number of rotatable bonds is 5. The normalized spacial score (nSPS) is 17.6. The zero-order valence-electron chi connectivity index (χ0n) is 19.0. The summed E-state index contributed by atoms with van der Waals surface area (Å²) in [4.78, 5) is 26.7. The minimum Gasteiger partial charge on any atom is -0.324 e. The van der Waals surface area contributed by atoms with Crippen LogP contribution in [0.2, 0.25) is 5.02 Å². The number of hydrogen-bond donors (Lipinski definition) is 2. The molecule has 11 heteroatoms. The fourth-order valence-electron chi connectivity index (χ4n) is 4.04. The van der Waals surface area contributed by atoms with Gasteiger partial charge in [0.2, 0.25) is 5.91 Å². The van der Waals surface area contributed by atoms with E-state index < -0.39 is 39.8 Å². The quantitative estimate of drug-likeness (QED) is 0.475. The molecule has 3 amide bonds. The van der Waals surface area contributed by atoms with Crippen LogP contribution in [0.5, 0.6) is 0 Å². The number of benzene rings is 3. The van der Waals surface area contributed by atoms with Crippen molar-refractivity contribution < 1.29 is 26.8 Å². The van der Waals surface area contributed by atoms with Crippen molar-refractivity contribution in [1.82, 2.24) is 4.90 Å². The number of carbonyl (C=O) groups excluding carboxylic acids is 2. The second-order valence-corrected chi connectivity index (χ2v) is 10.8. The Bertz CT molecular complexity index is 1420. The fourth-order valence-corrected chi connectivity index (χ4v) is 5.06. The lowest BCUT2D eigenvalue weighted by Gasteiger charge is -2.24. The summed E-state index contributed by atoms with van der Waals surface area (Å²) >= 11 is 5.84. The molecule has 4 rings (SSSR count). The molecular formula is C25H22ClF2N3O4S. The Morgan fingerprint density at radius 2 is 1.64 bits per heavy atom. The third-order valence-electron chi connectivity index (χ3n) is 5.72. The predicted octanol–water partition coefficient (Wildman–Crippen LogP) is 5.13. The Balaban J connectivity index is 1.51. The van der Waals surface area contributed by atoms with Gasteiger partial charge in [-0.25, -0.2) is 22.0 Å². The standard InChI is InChI=1S/C25H22ClF2N3O4S/c1-36(34,35)23-5-3-2-4-20(23)19-11-10-18(13-21(19)28)29-24(32)22-12-16(27)14-31(22)25(33)30-17-8-6-15(26)7-9-17/h2-11,13,16,22H,12,14H2,1H3,(H,29,32)(H,30,33)/t16-,22+/m0/s1. The summed E-state index contributed by atoms with van der Waals surface area (Å²) in [6.45, 7) is -0.271. The summed E-state index contributed by atoms with van der Waals surface area (Å²) in [6, 6.07) is 14.4. The molecule has 1 aliphatic heterocycles. The Hall–Kier alpha value is -3.50. The number of nitrogens with one attached hydrogen (secondary N) is 2. The van der Waals surface area contributed by atoms with Crippen LogP contribution in [0.15, 0.2) is 71.6 Å². The summed E-state index contributed by atoms with van der Waals surface area (Å²) in [7, 11) is -3.60. The van der Waals surface area contributed by atoms with Gasteiger partial charge in [0, 0.05) is 40.2 Å². The van der Waals surface area contributed by atoms with Crippen LogP contribution in [0.3, 0.4) is 0 Å². The molecule has 1 heterocycles. The summed E-state index contributed by atoms with van der Waals surface area (Å²) in [5, 5.41) is 5.61. The first-order valence-corrected chi connectivity index (χ1v) is 13.2. The van der Waals surface area contributed by atoms with Gasteiger partial charge in [-0.05, 0) is 48.5 Å². The molecule has 2 N–H and O–H groups in total. The number of amides is 3. The zero-order valence-corrected chi connectivity index (χ0v) is 20.6. The number of nitrogens with zero attached hydrogens (tertiary/aromatic N) is 1. The molecular weight excluding hydrogens is 512 g/mol. The molecule has 3 aromatic rings. The zero-order chi connectivity index (χ0) is 26.0. The number of anilines is 2. The SMILES string of the molecule is CS(=O)(=O)c1ccccc1-c1ccc(NC(=O)[C@H]2C[C@H](F)CN2C(=O)Nc2ccc(Cl)cc2)cc1F. The molecule has 0 saturated carbocycles. The van der Waals surface area contributed by atoms with E-state index in [1.54, 1.807) is 36.4 Å². The van der Waals surface area contributed by atoms with Crippen LogP contribution in [-0.2, 0) is 14.6 Å².